The van der Waals surface area contributed by atoms with Crippen LogP contribution in [0, 0.1) is 7.14 Å². The summed E-state index contributed by atoms with van der Waals surface area (Å²) in [5.41, 5.74) is 4.09. The normalized spacial score (nSPS) is 14.1. The summed E-state index contributed by atoms with van der Waals surface area (Å²) in [6.45, 7) is 6.56. The Hall–Kier alpha value is -4.28. The van der Waals surface area contributed by atoms with Gasteiger partial charge in [-0.05, 0) is 132 Å². The highest BCUT2D eigenvalue weighted by Gasteiger charge is 2.32. The molecule has 0 bridgehead atoms. The monoisotopic (exact) mass is 925 g/mol. The number of aromatic nitrogens is 1. The SMILES string of the molecule is CCOC(=O)c1ccc(COc2c(I)cc(I)cc2/C=c2\sc3n(c2=O)[C@@H](c2ccc(OCC)cc2)C(C(=O)Nc2ccccc2)=C(C)N=3)cc1. The number of para-hydroxylation sites is 1. The van der Waals surface area contributed by atoms with E-state index in [9.17, 15) is 14.4 Å². The van der Waals surface area contributed by atoms with Gasteiger partial charge in [0.15, 0.2) is 4.80 Å². The van der Waals surface area contributed by atoms with Crippen LogP contribution < -0.4 is 29.7 Å². The summed E-state index contributed by atoms with van der Waals surface area (Å²) >= 11 is 5.75. The molecule has 5 aromatic rings. The Balaban J connectivity index is 1.40. The first kappa shape index (κ1) is 36.5. The number of thiazole rings is 1. The number of ether oxygens (including phenoxy) is 3. The molecular formula is C39H33I2N3O6S. The molecule has 0 saturated heterocycles. The number of hydrogen-bond acceptors (Lipinski definition) is 8. The largest absolute Gasteiger partial charge is 0.494 e. The molecule has 1 aromatic heterocycles. The van der Waals surface area contributed by atoms with Gasteiger partial charge in [0.25, 0.3) is 11.5 Å². The van der Waals surface area contributed by atoms with Crippen molar-refractivity contribution >= 4 is 80.2 Å². The van der Waals surface area contributed by atoms with Crippen molar-refractivity contribution in [1.29, 1.82) is 0 Å². The van der Waals surface area contributed by atoms with Gasteiger partial charge in [0.2, 0.25) is 0 Å². The number of carbonyl (C=O) groups is 2. The van der Waals surface area contributed by atoms with E-state index >= 15 is 0 Å². The molecule has 2 heterocycles. The maximum Gasteiger partial charge on any atom is 0.338 e. The van der Waals surface area contributed by atoms with Gasteiger partial charge in [-0.2, -0.15) is 0 Å². The molecule has 9 nitrogen and oxygen atoms in total. The molecule has 0 radical (unpaired) electrons. The number of nitrogens with zero attached hydrogens (tertiary/aromatic N) is 2. The number of carbonyl (C=O) groups excluding carboxylic acids is 2. The van der Waals surface area contributed by atoms with Crippen LogP contribution in [0.25, 0.3) is 6.08 Å². The lowest BCUT2D eigenvalue weighted by atomic mass is 9.95. The molecule has 0 spiro atoms. The van der Waals surface area contributed by atoms with Crippen LogP contribution in [0.4, 0.5) is 5.69 Å². The van der Waals surface area contributed by atoms with E-state index in [1.165, 1.54) is 11.3 Å². The lowest BCUT2D eigenvalue weighted by Gasteiger charge is -2.25. The minimum Gasteiger partial charge on any atom is -0.494 e. The number of halogens is 2. The minimum atomic E-state index is -0.730. The summed E-state index contributed by atoms with van der Waals surface area (Å²) < 4.78 is 21.0. The molecule has 0 fully saturated rings. The van der Waals surface area contributed by atoms with Crippen molar-refractivity contribution in [3.63, 3.8) is 0 Å². The first-order valence-electron chi connectivity index (χ1n) is 16.2. The van der Waals surface area contributed by atoms with E-state index < -0.39 is 6.04 Å². The number of amides is 1. The van der Waals surface area contributed by atoms with Crippen LogP contribution in [0.5, 0.6) is 11.5 Å². The van der Waals surface area contributed by atoms with E-state index in [2.05, 4.69) is 50.5 Å². The Morgan fingerprint density at radius 3 is 2.35 bits per heavy atom. The summed E-state index contributed by atoms with van der Waals surface area (Å²) in [7, 11) is 0. The number of nitrogens with one attached hydrogen (secondary N) is 1. The second-order valence-electron chi connectivity index (χ2n) is 11.4. The third-order valence-corrected chi connectivity index (χ3v) is 10.4. The number of benzene rings is 4. The van der Waals surface area contributed by atoms with Crippen LogP contribution in [-0.4, -0.2) is 29.7 Å². The average Bonchev–Trinajstić information content (AvgIpc) is 3.42. The molecule has 1 aliphatic heterocycles. The van der Waals surface area contributed by atoms with Gasteiger partial charge in [-0.1, -0.05) is 53.8 Å². The average molecular weight is 926 g/mol. The van der Waals surface area contributed by atoms with E-state index in [0.717, 1.165) is 23.8 Å². The smallest absolute Gasteiger partial charge is 0.338 e. The van der Waals surface area contributed by atoms with Gasteiger partial charge in [-0.25, -0.2) is 9.79 Å². The molecule has 0 saturated carbocycles. The Labute approximate surface area is 326 Å². The molecule has 0 aliphatic carbocycles. The van der Waals surface area contributed by atoms with E-state index in [0.29, 0.717) is 56.6 Å². The maximum atomic E-state index is 14.4. The predicted octanol–water partition coefficient (Wildman–Crippen LogP) is 7.24. The third kappa shape index (κ3) is 8.28. The van der Waals surface area contributed by atoms with Crippen molar-refractivity contribution in [3.05, 3.63) is 151 Å². The van der Waals surface area contributed by atoms with Gasteiger partial charge >= 0.3 is 5.97 Å². The number of fused-ring (bicyclic) bond motifs is 1. The molecule has 1 atom stereocenters. The van der Waals surface area contributed by atoms with Gasteiger partial charge in [0, 0.05) is 14.8 Å². The Morgan fingerprint density at radius 2 is 1.67 bits per heavy atom. The summed E-state index contributed by atoms with van der Waals surface area (Å²) in [5.74, 6) is 0.609. The number of rotatable bonds is 11. The molecule has 4 aromatic carbocycles. The van der Waals surface area contributed by atoms with Crippen LogP contribution in [0.1, 0.15) is 53.9 Å². The fraction of sp³-hybridized carbons (Fsp3) is 0.179. The van der Waals surface area contributed by atoms with Gasteiger partial charge < -0.3 is 19.5 Å². The zero-order valence-corrected chi connectivity index (χ0v) is 33.1. The third-order valence-electron chi connectivity index (χ3n) is 7.98. The predicted molar refractivity (Wildman–Crippen MR) is 215 cm³/mol. The van der Waals surface area contributed by atoms with Crippen LogP contribution >= 0.6 is 56.5 Å². The van der Waals surface area contributed by atoms with Crippen LogP contribution in [0.15, 0.2) is 112 Å². The van der Waals surface area contributed by atoms with E-state index in [1.54, 1.807) is 30.5 Å². The second-order valence-corrected chi connectivity index (χ2v) is 14.8. The van der Waals surface area contributed by atoms with Gasteiger partial charge in [0.1, 0.15) is 18.1 Å². The minimum absolute atomic E-state index is 0.249. The zero-order valence-electron chi connectivity index (χ0n) is 27.9. The highest BCUT2D eigenvalue weighted by Crippen LogP contribution is 2.33. The topological polar surface area (TPSA) is 108 Å². The lowest BCUT2D eigenvalue weighted by molar-refractivity contribution is -0.113. The summed E-state index contributed by atoms with van der Waals surface area (Å²) in [6, 6.07) is 27.0. The van der Waals surface area contributed by atoms with Crippen molar-refractivity contribution in [2.45, 2.75) is 33.4 Å². The summed E-state index contributed by atoms with van der Waals surface area (Å²) in [4.78, 5) is 45.7. The van der Waals surface area contributed by atoms with Gasteiger partial charge in [-0.3, -0.25) is 14.2 Å². The second kappa shape index (κ2) is 16.4. The molecule has 1 aliphatic rings. The van der Waals surface area contributed by atoms with E-state index in [1.807, 2.05) is 91.9 Å². The Morgan fingerprint density at radius 1 is 0.941 bits per heavy atom. The van der Waals surface area contributed by atoms with Crippen LogP contribution in [-0.2, 0) is 16.1 Å². The van der Waals surface area contributed by atoms with Crippen molar-refractivity contribution in [1.82, 2.24) is 4.57 Å². The molecule has 1 amide bonds. The van der Waals surface area contributed by atoms with Crippen LogP contribution in [0.2, 0.25) is 0 Å². The van der Waals surface area contributed by atoms with Crippen molar-refractivity contribution in [2.75, 3.05) is 18.5 Å². The molecule has 1 N–H and O–H groups in total. The van der Waals surface area contributed by atoms with Crippen molar-refractivity contribution < 1.29 is 23.8 Å². The fourth-order valence-corrected chi connectivity index (χ4v) is 8.73. The fourth-order valence-electron chi connectivity index (χ4n) is 5.65. The highest BCUT2D eigenvalue weighted by molar-refractivity contribution is 14.1. The van der Waals surface area contributed by atoms with E-state index in [4.69, 9.17) is 19.2 Å². The first-order chi connectivity index (χ1) is 24.7. The highest BCUT2D eigenvalue weighted by atomic mass is 127. The molecule has 12 heteroatoms. The molecule has 6 rings (SSSR count). The van der Waals surface area contributed by atoms with Crippen LogP contribution in [0.3, 0.4) is 0 Å². The quantitative estimate of drug-likeness (QED) is 0.111. The maximum absolute atomic E-state index is 14.4. The van der Waals surface area contributed by atoms with Crippen molar-refractivity contribution in [2.24, 2.45) is 4.99 Å². The summed E-state index contributed by atoms with van der Waals surface area (Å²) in [6.07, 6.45) is 1.83. The lowest BCUT2D eigenvalue weighted by Crippen LogP contribution is -2.40. The number of allylic oxidation sites excluding steroid dienone is 1. The van der Waals surface area contributed by atoms with Crippen molar-refractivity contribution in [3.8, 4) is 11.5 Å². The van der Waals surface area contributed by atoms with Gasteiger partial charge in [0.05, 0.1) is 44.2 Å². The first-order valence-corrected chi connectivity index (χ1v) is 19.1. The molecular weight excluding hydrogens is 892 g/mol. The number of esters is 1. The van der Waals surface area contributed by atoms with Gasteiger partial charge in [-0.15, -0.1) is 0 Å². The number of anilines is 1. The van der Waals surface area contributed by atoms with E-state index in [-0.39, 0.29) is 24.0 Å². The Kier molecular flexibility index (Phi) is 11.7. The number of hydrogen-bond donors (Lipinski definition) is 1. The Bertz CT molecular complexity index is 2300. The molecule has 0 unspecified atom stereocenters. The zero-order chi connectivity index (χ0) is 36.1. The molecule has 51 heavy (non-hydrogen) atoms. The standard InChI is InChI=1S/C39H33I2N3O6S/c1-4-48-30-17-15-25(16-18-30)34-33(36(45)43-29-9-7-6-8-10-29)23(3)42-39-44(34)37(46)32(51-39)20-27-19-28(40)21-31(41)35(27)50-22-24-11-13-26(14-12-24)38(47)49-5-2/h6-21,34H,4-5,22H2,1-3H3,(H,43,45)/b32-20-/t34-/m0/s1. The summed E-state index contributed by atoms with van der Waals surface area (Å²) in [5, 5.41) is 2.99. The molecule has 260 valence electrons.